The molecule has 1 aliphatic rings. The monoisotopic (exact) mass is 423 g/mol. The van der Waals surface area contributed by atoms with Crippen molar-refractivity contribution in [2.24, 2.45) is 0 Å². The topological polar surface area (TPSA) is 61.4 Å². The smallest absolute Gasteiger partial charge is 0.258 e. The molecule has 0 bridgehead atoms. The molecule has 160 valence electrons. The third kappa shape index (κ3) is 5.40. The Labute approximate surface area is 179 Å². The predicted molar refractivity (Wildman–Crippen MR) is 115 cm³/mol. The zero-order valence-corrected chi connectivity index (χ0v) is 17.0. The average Bonchev–Trinajstić information content (AvgIpc) is 3.00. The van der Waals surface area contributed by atoms with Crippen molar-refractivity contribution in [1.29, 1.82) is 0 Å². The van der Waals surface area contributed by atoms with Gasteiger partial charge < -0.3 is 10.2 Å². The number of hydrogen-bond donors (Lipinski definition) is 1. The third-order valence-corrected chi connectivity index (χ3v) is 5.21. The molecule has 3 aromatic rings. The number of hydrogen-bond acceptors (Lipinski definition) is 5. The Morgan fingerprint density at radius 1 is 1.00 bits per heavy atom. The second-order valence-electron chi connectivity index (χ2n) is 7.42. The van der Waals surface area contributed by atoms with E-state index in [0.717, 1.165) is 62.8 Å². The highest BCUT2D eigenvalue weighted by molar-refractivity contribution is 6.04. The number of nitrogens with one attached hydrogen (secondary N) is 1. The van der Waals surface area contributed by atoms with Gasteiger partial charge in [-0.25, -0.2) is 13.8 Å². The van der Waals surface area contributed by atoms with E-state index in [0.29, 0.717) is 11.8 Å². The van der Waals surface area contributed by atoms with Gasteiger partial charge in [-0.05, 0) is 42.8 Å². The SMILES string of the molecule is O=C(Nc1ccc(N2CCCN(Cc3ccccn3)CC2)nc1)c1ccc(F)cc1F. The van der Waals surface area contributed by atoms with E-state index in [2.05, 4.69) is 25.1 Å². The molecule has 1 fully saturated rings. The molecule has 1 aromatic carbocycles. The fraction of sp³-hybridized carbons (Fsp3) is 0.261. The van der Waals surface area contributed by atoms with Crippen LogP contribution < -0.4 is 10.2 Å². The van der Waals surface area contributed by atoms with Crippen molar-refractivity contribution in [3.05, 3.63) is 83.8 Å². The number of benzene rings is 1. The van der Waals surface area contributed by atoms with Crippen molar-refractivity contribution in [3.8, 4) is 0 Å². The minimum Gasteiger partial charge on any atom is -0.355 e. The van der Waals surface area contributed by atoms with Crippen LogP contribution in [0.3, 0.4) is 0 Å². The van der Waals surface area contributed by atoms with Gasteiger partial charge in [0.2, 0.25) is 0 Å². The van der Waals surface area contributed by atoms with E-state index in [1.807, 2.05) is 30.5 Å². The molecule has 6 nitrogen and oxygen atoms in total. The molecule has 0 unspecified atom stereocenters. The zero-order chi connectivity index (χ0) is 21.6. The second kappa shape index (κ2) is 9.61. The highest BCUT2D eigenvalue weighted by Gasteiger charge is 2.17. The number of pyridine rings is 2. The Morgan fingerprint density at radius 3 is 2.65 bits per heavy atom. The molecule has 1 N–H and O–H groups in total. The quantitative estimate of drug-likeness (QED) is 0.678. The molecule has 4 rings (SSSR count). The summed E-state index contributed by atoms with van der Waals surface area (Å²) in [6, 6.07) is 12.4. The van der Waals surface area contributed by atoms with Crippen LogP contribution in [-0.2, 0) is 6.54 Å². The van der Waals surface area contributed by atoms with Crippen LogP contribution in [0.4, 0.5) is 20.3 Å². The molecular formula is C23H23F2N5O. The summed E-state index contributed by atoms with van der Waals surface area (Å²) in [5.41, 5.74) is 1.29. The van der Waals surface area contributed by atoms with Gasteiger partial charge in [0.1, 0.15) is 17.5 Å². The Hall–Kier alpha value is -3.39. The maximum absolute atomic E-state index is 13.8. The first-order valence-corrected chi connectivity index (χ1v) is 10.2. The number of amides is 1. The number of nitrogens with zero attached hydrogens (tertiary/aromatic N) is 4. The molecule has 1 amide bonds. The van der Waals surface area contributed by atoms with E-state index in [4.69, 9.17) is 0 Å². The Bertz CT molecular complexity index is 1030. The van der Waals surface area contributed by atoms with Crippen molar-refractivity contribution in [1.82, 2.24) is 14.9 Å². The summed E-state index contributed by atoms with van der Waals surface area (Å²) in [5.74, 6) is -1.45. The van der Waals surface area contributed by atoms with Crippen LogP contribution in [0.1, 0.15) is 22.5 Å². The van der Waals surface area contributed by atoms with E-state index in [1.54, 1.807) is 12.3 Å². The number of anilines is 2. The summed E-state index contributed by atoms with van der Waals surface area (Å²) in [6.45, 7) is 4.45. The lowest BCUT2D eigenvalue weighted by Gasteiger charge is -2.22. The number of aromatic nitrogens is 2. The number of rotatable bonds is 5. The van der Waals surface area contributed by atoms with Crippen molar-refractivity contribution < 1.29 is 13.6 Å². The van der Waals surface area contributed by atoms with Crippen LogP contribution in [0, 0.1) is 11.6 Å². The number of carbonyl (C=O) groups is 1. The lowest BCUT2D eigenvalue weighted by atomic mass is 10.2. The maximum Gasteiger partial charge on any atom is 0.258 e. The van der Waals surface area contributed by atoms with E-state index in [1.165, 1.54) is 0 Å². The Morgan fingerprint density at radius 2 is 1.90 bits per heavy atom. The first-order valence-electron chi connectivity index (χ1n) is 10.2. The van der Waals surface area contributed by atoms with Crippen LogP contribution in [-0.4, -0.2) is 47.0 Å². The van der Waals surface area contributed by atoms with Crippen LogP contribution in [0.5, 0.6) is 0 Å². The Balaban J connectivity index is 1.35. The van der Waals surface area contributed by atoms with E-state index in [-0.39, 0.29) is 5.56 Å². The molecule has 3 heterocycles. The van der Waals surface area contributed by atoms with Crippen molar-refractivity contribution in [2.75, 3.05) is 36.4 Å². The van der Waals surface area contributed by atoms with Gasteiger partial charge in [0.15, 0.2) is 0 Å². The summed E-state index contributed by atoms with van der Waals surface area (Å²) >= 11 is 0. The molecule has 1 saturated heterocycles. The van der Waals surface area contributed by atoms with Crippen molar-refractivity contribution in [3.63, 3.8) is 0 Å². The second-order valence-corrected chi connectivity index (χ2v) is 7.42. The summed E-state index contributed by atoms with van der Waals surface area (Å²) in [5, 5.41) is 2.60. The largest absolute Gasteiger partial charge is 0.355 e. The first-order chi connectivity index (χ1) is 15.1. The van der Waals surface area contributed by atoms with E-state index < -0.39 is 17.5 Å². The van der Waals surface area contributed by atoms with Gasteiger partial charge in [0.05, 0.1) is 23.1 Å². The number of carbonyl (C=O) groups excluding carboxylic acids is 1. The summed E-state index contributed by atoms with van der Waals surface area (Å²) in [6.07, 6.45) is 4.37. The highest BCUT2D eigenvalue weighted by atomic mass is 19.1. The minimum absolute atomic E-state index is 0.217. The molecular weight excluding hydrogens is 400 g/mol. The van der Waals surface area contributed by atoms with Crippen LogP contribution >= 0.6 is 0 Å². The normalized spacial score (nSPS) is 14.8. The number of halogens is 2. The molecule has 0 spiro atoms. The van der Waals surface area contributed by atoms with Gasteiger partial charge in [-0.3, -0.25) is 14.7 Å². The minimum atomic E-state index is -0.901. The van der Waals surface area contributed by atoms with Crippen molar-refractivity contribution >= 4 is 17.4 Å². The molecule has 2 aromatic heterocycles. The summed E-state index contributed by atoms with van der Waals surface area (Å²) < 4.78 is 26.8. The molecule has 0 radical (unpaired) electrons. The zero-order valence-electron chi connectivity index (χ0n) is 17.0. The molecule has 1 aliphatic heterocycles. The molecule has 0 saturated carbocycles. The van der Waals surface area contributed by atoms with E-state index in [9.17, 15) is 13.6 Å². The van der Waals surface area contributed by atoms with E-state index >= 15 is 0 Å². The standard InChI is InChI=1S/C23H23F2N5O/c24-17-5-7-20(21(25)14-17)23(31)28-18-6-8-22(27-15-18)30-11-3-10-29(12-13-30)16-19-4-1-2-9-26-19/h1-2,4-9,14-15H,3,10-13,16H2,(H,28,31). The molecule has 0 aliphatic carbocycles. The molecule has 0 atom stereocenters. The van der Waals surface area contributed by atoms with Gasteiger partial charge in [-0.2, -0.15) is 0 Å². The summed E-state index contributed by atoms with van der Waals surface area (Å²) in [4.78, 5) is 25.7. The van der Waals surface area contributed by atoms with Crippen molar-refractivity contribution in [2.45, 2.75) is 13.0 Å². The van der Waals surface area contributed by atoms with Gasteiger partial charge in [0.25, 0.3) is 5.91 Å². The van der Waals surface area contributed by atoms with Gasteiger partial charge in [-0.1, -0.05) is 6.07 Å². The lowest BCUT2D eigenvalue weighted by molar-refractivity contribution is 0.102. The molecule has 31 heavy (non-hydrogen) atoms. The highest BCUT2D eigenvalue weighted by Crippen LogP contribution is 2.18. The third-order valence-electron chi connectivity index (χ3n) is 5.21. The lowest BCUT2D eigenvalue weighted by Crippen LogP contribution is -2.31. The fourth-order valence-electron chi connectivity index (χ4n) is 3.60. The maximum atomic E-state index is 13.8. The predicted octanol–water partition coefficient (Wildman–Crippen LogP) is 3.72. The van der Waals surface area contributed by atoms with Gasteiger partial charge in [-0.15, -0.1) is 0 Å². The van der Waals surface area contributed by atoms with Crippen LogP contribution in [0.2, 0.25) is 0 Å². The fourth-order valence-corrected chi connectivity index (χ4v) is 3.60. The van der Waals surface area contributed by atoms with Gasteiger partial charge >= 0.3 is 0 Å². The first kappa shape index (κ1) is 20.9. The molecule has 8 heteroatoms. The average molecular weight is 423 g/mol. The Kier molecular flexibility index (Phi) is 6.47. The summed E-state index contributed by atoms with van der Waals surface area (Å²) in [7, 11) is 0. The van der Waals surface area contributed by atoms with Crippen LogP contribution in [0.25, 0.3) is 0 Å². The van der Waals surface area contributed by atoms with Crippen LogP contribution in [0.15, 0.2) is 60.9 Å². The van der Waals surface area contributed by atoms with Gasteiger partial charge in [0, 0.05) is 45.0 Å².